The lowest BCUT2D eigenvalue weighted by Crippen LogP contribution is -2.60. The van der Waals surface area contributed by atoms with Gasteiger partial charge < -0.3 is 4.90 Å². The summed E-state index contributed by atoms with van der Waals surface area (Å²) in [5.41, 5.74) is 0.213. The zero-order valence-corrected chi connectivity index (χ0v) is 15.4. The molecule has 0 aromatic carbocycles. The van der Waals surface area contributed by atoms with Crippen LogP contribution in [0.2, 0.25) is 0 Å². The van der Waals surface area contributed by atoms with E-state index in [1.807, 2.05) is 0 Å². The zero-order chi connectivity index (χ0) is 19.9. The molecule has 1 saturated heterocycles. The number of carbonyl (C=O) groups is 2. The lowest BCUT2D eigenvalue weighted by molar-refractivity contribution is -0.141. The van der Waals surface area contributed by atoms with Crippen molar-refractivity contribution in [3.05, 3.63) is 27.3 Å². The summed E-state index contributed by atoms with van der Waals surface area (Å²) in [6.07, 6.45) is -4.33. The first-order chi connectivity index (χ1) is 12.6. The number of nitrogens with zero attached hydrogens (tertiary/aromatic N) is 4. The Morgan fingerprint density at radius 3 is 2.56 bits per heavy atom. The quantitative estimate of drug-likeness (QED) is 0.806. The third-order valence-electron chi connectivity index (χ3n) is 4.64. The normalized spacial score (nSPS) is 23.4. The Morgan fingerprint density at radius 2 is 2.00 bits per heavy atom. The molecule has 2 aliphatic heterocycles. The van der Waals surface area contributed by atoms with Crippen LogP contribution in [0.25, 0.3) is 0 Å². The molecule has 8 nitrogen and oxygen atoms in total. The molecule has 2 atom stereocenters. The van der Waals surface area contributed by atoms with Crippen LogP contribution >= 0.6 is 11.8 Å². The number of aromatic amines is 1. The smallest absolute Gasteiger partial charge is 0.310 e. The van der Waals surface area contributed by atoms with Gasteiger partial charge in [-0.3, -0.25) is 14.7 Å². The van der Waals surface area contributed by atoms with Crippen molar-refractivity contribution in [3.63, 3.8) is 0 Å². The number of halogens is 3. The van der Waals surface area contributed by atoms with Crippen molar-refractivity contribution in [1.82, 2.24) is 24.6 Å². The number of allylic oxidation sites excluding steroid dienone is 1. The second kappa shape index (κ2) is 7.06. The summed E-state index contributed by atoms with van der Waals surface area (Å²) >= 11 is 1.14. The predicted octanol–water partition coefficient (Wildman–Crippen LogP) is 1.77. The Balaban J connectivity index is 1.90. The summed E-state index contributed by atoms with van der Waals surface area (Å²) in [5, 5.41) is 3.11. The van der Waals surface area contributed by atoms with Crippen LogP contribution in [-0.4, -0.2) is 61.1 Å². The predicted molar refractivity (Wildman–Crippen MR) is 90.6 cm³/mol. The molecule has 1 fully saturated rings. The maximum atomic E-state index is 12.7. The molecule has 0 radical (unpaired) electrons. The van der Waals surface area contributed by atoms with Crippen LogP contribution in [0.3, 0.4) is 0 Å². The Morgan fingerprint density at radius 1 is 1.30 bits per heavy atom. The van der Waals surface area contributed by atoms with Crippen LogP contribution in [0.15, 0.2) is 21.6 Å². The third kappa shape index (κ3) is 3.62. The summed E-state index contributed by atoms with van der Waals surface area (Å²) in [7, 11) is 0. The number of rotatable bonds is 5. The molecule has 3 rings (SSSR count). The Labute approximate surface area is 156 Å². The fraction of sp³-hybridized carbons (Fsp3) is 0.600. The van der Waals surface area contributed by atoms with Crippen molar-refractivity contribution in [2.75, 3.05) is 13.1 Å². The summed E-state index contributed by atoms with van der Waals surface area (Å²) in [6, 6.07) is -0.716. The number of imide groups is 1. The summed E-state index contributed by atoms with van der Waals surface area (Å²) < 4.78 is 39.3. The van der Waals surface area contributed by atoms with Crippen molar-refractivity contribution >= 4 is 23.7 Å². The van der Waals surface area contributed by atoms with E-state index in [9.17, 15) is 27.6 Å². The number of carbonyl (C=O) groups excluding carboxylic acids is 2. The second-order valence-electron chi connectivity index (χ2n) is 6.27. The number of hydrogen-bond acceptors (Lipinski definition) is 5. The van der Waals surface area contributed by atoms with E-state index in [2.05, 4.69) is 10.1 Å². The van der Waals surface area contributed by atoms with Gasteiger partial charge in [0.25, 0.3) is 0 Å². The Hall–Kier alpha value is -2.24. The maximum Gasteiger partial charge on any atom is 0.390 e. The van der Waals surface area contributed by atoms with E-state index in [0.717, 1.165) is 26.2 Å². The average molecular weight is 405 g/mol. The molecule has 2 aliphatic rings. The van der Waals surface area contributed by atoms with Crippen LogP contribution in [0, 0.1) is 5.92 Å². The van der Waals surface area contributed by atoms with Gasteiger partial charge in [0.15, 0.2) is 0 Å². The summed E-state index contributed by atoms with van der Waals surface area (Å²) in [4.78, 5) is 42.1. The van der Waals surface area contributed by atoms with Gasteiger partial charge in [-0.2, -0.15) is 18.3 Å². The fourth-order valence-corrected chi connectivity index (χ4v) is 4.80. The number of nitrogens with one attached hydrogen (secondary N) is 1. The van der Waals surface area contributed by atoms with Crippen molar-refractivity contribution < 1.29 is 22.8 Å². The molecular weight excluding hydrogens is 387 g/mol. The minimum absolute atomic E-state index is 0.0789. The van der Waals surface area contributed by atoms with E-state index in [1.165, 1.54) is 6.33 Å². The number of hydrogen-bond donors (Lipinski definition) is 1. The van der Waals surface area contributed by atoms with E-state index in [-0.39, 0.29) is 13.1 Å². The molecule has 1 N–H and O–H groups in total. The fourth-order valence-electron chi connectivity index (χ4n) is 3.22. The van der Waals surface area contributed by atoms with Gasteiger partial charge in [0, 0.05) is 18.0 Å². The molecule has 1 aromatic rings. The van der Waals surface area contributed by atoms with Crippen molar-refractivity contribution in [1.29, 1.82) is 0 Å². The molecule has 3 amide bonds. The van der Waals surface area contributed by atoms with Crippen LogP contribution < -0.4 is 5.69 Å². The van der Waals surface area contributed by atoms with Gasteiger partial charge >= 0.3 is 17.9 Å². The van der Waals surface area contributed by atoms with Crippen molar-refractivity contribution in [2.24, 2.45) is 5.92 Å². The number of urea groups is 1. The first-order valence-electron chi connectivity index (χ1n) is 8.29. The van der Waals surface area contributed by atoms with Crippen LogP contribution in [0.5, 0.6) is 0 Å². The molecule has 12 heteroatoms. The molecule has 0 aliphatic carbocycles. The Bertz CT molecular complexity index is 846. The third-order valence-corrected chi connectivity index (χ3v) is 6.14. The molecule has 0 bridgehead atoms. The van der Waals surface area contributed by atoms with Gasteiger partial charge in [-0.15, -0.1) is 11.8 Å². The lowest BCUT2D eigenvalue weighted by atomic mass is 9.95. The number of amides is 3. The van der Waals surface area contributed by atoms with Crippen molar-refractivity contribution in [3.8, 4) is 0 Å². The highest BCUT2D eigenvalue weighted by Gasteiger charge is 2.51. The largest absolute Gasteiger partial charge is 0.390 e. The first kappa shape index (κ1) is 19.5. The number of fused-ring (bicyclic) bond motifs is 1. The number of thioether (sulfide) groups is 1. The Kier molecular flexibility index (Phi) is 5.10. The van der Waals surface area contributed by atoms with Gasteiger partial charge in [0.1, 0.15) is 6.33 Å². The van der Waals surface area contributed by atoms with Crippen molar-refractivity contribution in [2.45, 2.75) is 38.4 Å². The van der Waals surface area contributed by atoms with E-state index < -0.39 is 48.1 Å². The molecule has 27 heavy (non-hydrogen) atoms. The van der Waals surface area contributed by atoms with Gasteiger partial charge in [-0.1, -0.05) is 0 Å². The van der Waals surface area contributed by atoms with E-state index in [4.69, 9.17) is 0 Å². The minimum Gasteiger partial charge on any atom is -0.310 e. The molecule has 3 heterocycles. The van der Waals surface area contributed by atoms with E-state index >= 15 is 0 Å². The molecular formula is C15H18F3N5O3S. The highest BCUT2D eigenvalue weighted by atomic mass is 32.2. The highest BCUT2D eigenvalue weighted by molar-refractivity contribution is 8.04. The standard InChI is InChI=1S/C15H18F3N5O3S/c1-3-21-11(24)10-8(2)9(6-23-13(25)19-7-20-23)27-12(10)22(14(21)26)5-4-15(16,17)18/h7,10,12H,3-6H2,1-2H3,(H,19,20,25). The maximum absolute atomic E-state index is 12.7. The molecule has 2 unspecified atom stereocenters. The van der Waals surface area contributed by atoms with Crippen LogP contribution in [-0.2, 0) is 11.3 Å². The molecule has 148 valence electrons. The topological polar surface area (TPSA) is 91.3 Å². The van der Waals surface area contributed by atoms with Crippen LogP contribution in [0.1, 0.15) is 20.3 Å². The number of alkyl halides is 3. The molecule has 1 aromatic heterocycles. The van der Waals surface area contributed by atoms with Gasteiger partial charge in [-0.25, -0.2) is 14.3 Å². The van der Waals surface area contributed by atoms with Gasteiger partial charge in [-0.05, 0) is 19.4 Å². The van der Waals surface area contributed by atoms with Gasteiger partial charge in [0.2, 0.25) is 5.91 Å². The van der Waals surface area contributed by atoms with E-state index in [1.54, 1.807) is 13.8 Å². The minimum atomic E-state index is -4.41. The van der Waals surface area contributed by atoms with E-state index in [0.29, 0.717) is 10.5 Å². The molecule has 0 saturated carbocycles. The zero-order valence-electron chi connectivity index (χ0n) is 14.6. The molecule has 0 spiro atoms. The number of H-pyrrole nitrogens is 1. The second-order valence-corrected chi connectivity index (χ2v) is 7.48. The lowest BCUT2D eigenvalue weighted by Gasteiger charge is -2.41. The highest BCUT2D eigenvalue weighted by Crippen LogP contribution is 2.47. The van der Waals surface area contributed by atoms with Gasteiger partial charge in [0.05, 0.1) is 24.3 Å². The number of aromatic nitrogens is 3. The SMILES string of the molecule is CCN1C(=O)C2C(C)=C(Cn3nc[nH]c3=O)SC2N(CCC(F)(F)F)C1=O. The first-order valence-corrected chi connectivity index (χ1v) is 9.17. The average Bonchev–Trinajstić information content (AvgIpc) is 3.11. The summed E-state index contributed by atoms with van der Waals surface area (Å²) in [6.45, 7) is 2.95. The monoisotopic (exact) mass is 405 g/mol. The van der Waals surface area contributed by atoms with Crippen LogP contribution in [0.4, 0.5) is 18.0 Å². The summed E-state index contributed by atoms with van der Waals surface area (Å²) in [5.74, 6) is -1.16.